The van der Waals surface area contributed by atoms with Gasteiger partial charge in [-0.15, -0.1) is 11.8 Å². The van der Waals surface area contributed by atoms with E-state index < -0.39 is 5.41 Å². The third kappa shape index (κ3) is 1.94. The van der Waals surface area contributed by atoms with Crippen molar-refractivity contribution < 1.29 is 9.59 Å². The van der Waals surface area contributed by atoms with Crippen LogP contribution in [0.1, 0.15) is 42.1 Å². The number of thioether (sulfide) groups is 1. The molecule has 1 aliphatic carbocycles. The molecule has 0 spiro atoms. The molecule has 2 heterocycles. The number of aromatic nitrogens is 2. The maximum atomic E-state index is 13.0. The van der Waals surface area contributed by atoms with Gasteiger partial charge in [0.05, 0.1) is 22.0 Å². The van der Waals surface area contributed by atoms with Gasteiger partial charge in [0.25, 0.3) is 0 Å². The van der Waals surface area contributed by atoms with E-state index in [1.807, 2.05) is 38.1 Å². The number of fused-ring (bicyclic) bond motifs is 4. The molecule has 4 rings (SSSR count). The van der Waals surface area contributed by atoms with Crippen LogP contribution in [0.15, 0.2) is 40.4 Å². The number of aliphatic imine (C=N–C) groups is 1. The number of benzene rings is 1. The highest BCUT2D eigenvalue weighted by Gasteiger charge is 2.48. The molecule has 2 aliphatic rings. The summed E-state index contributed by atoms with van der Waals surface area (Å²) in [5.74, 6) is -0.164. The minimum Gasteiger partial charge on any atom is -0.292 e. The van der Waals surface area contributed by atoms with E-state index in [4.69, 9.17) is 0 Å². The van der Waals surface area contributed by atoms with E-state index in [0.29, 0.717) is 5.71 Å². The van der Waals surface area contributed by atoms with Crippen molar-refractivity contribution in [1.29, 1.82) is 0 Å². The number of hydrogen-bond donors (Lipinski definition) is 0. The SMILES string of the molecule is CC(=O)n1cc2c(n1)C1Sc3ccccc3N=C1C(=O)C2(C)C. The Hall–Kier alpha value is -2.21. The van der Waals surface area contributed by atoms with E-state index in [0.717, 1.165) is 21.8 Å². The number of para-hydroxylation sites is 1. The maximum absolute atomic E-state index is 13.0. The van der Waals surface area contributed by atoms with Crippen molar-refractivity contribution in [2.75, 3.05) is 0 Å². The molecule has 1 atom stereocenters. The van der Waals surface area contributed by atoms with Gasteiger partial charge in [-0.25, -0.2) is 9.67 Å². The molecule has 1 aromatic heterocycles. The van der Waals surface area contributed by atoms with E-state index in [1.54, 1.807) is 18.0 Å². The monoisotopic (exact) mass is 325 g/mol. The number of nitrogens with zero attached hydrogens (tertiary/aromatic N) is 3. The van der Waals surface area contributed by atoms with Crippen LogP contribution in [0.25, 0.3) is 0 Å². The first-order chi connectivity index (χ1) is 10.9. The highest BCUT2D eigenvalue weighted by atomic mass is 32.2. The molecule has 1 aliphatic heterocycles. The van der Waals surface area contributed by atoms with Crippen molar-refractivity contribution in [3.63, 3.8) is 0 Å². The fourth-order valence-corrected chi connectivity index (χ4v) is 4.24. The average Bonchev–Trinajstić information content (AvgIpc) is 2.98. The van der Waals surface area contributed by atoms with Crippen LogP contribution in [-0.2, 0) is 10.2 Å². The van der Waals surface area contributed by atoms with E-state index in [-0.39, 0.29) is 16.9 Å². The molecule has 2 aromatic rings. The van der Waals surface area contributed by atoms with E-state index in [1.165, 1.54) is 11.6 Å². The summed E-state index contributed by atoms with van der Waals surface area (Å²) >= 11 is 1.57. The molecule has 0 amide bonds. The Morgan fingerprint density at radius 1 is 1.30 bits per heavy atom. The number of carbonyl (C=O) groups is 2. The van der Waals surface area contributed by atoms with Gasteiger partial charge >= 0.3 is 0 Å². The lowest BCUT2D eigenvalue weighted by atomic mass is 9.73. The van der Waals surface area contributed by atoms with Crippen LogP contribution in [0.2, 0.25) is 0 Å². The largest absolute Gasteiger partial charge is 0.292 e. The molecular weight excluding hydrogens is 310 g/mol. The van der Waals surface area contributed by atoms with Crippen LogP contribution < -0.4 is 0 Å². The van der Waals surface area contributed by atoms with Crippen molar-refractivity contribution >= 4 is 34.9 Å². The second-order valence-electron chi connectivity index (χ2n) is 6.31. The summed E-state index contributed by atoms with van der Waals surface area (Å²) in [6.07, 6.45) is 1.69. The molecule has 5 nitrogen and oxygen atoms in total. The summed E-state index contributed by atoms with van der Waals surface area (Å²) in [6.45, 7) is 5.19. The molecule has 0 saturated carbocycles. The van der Waals surface area contributed by atoms with Crippen LogP contribution in [0.3, 0.4) is 0 Å². The van der Waals surface area contributed by atoms with Gasteiger partial charge in [-0.05, 0) is 26.0 Å². The van der Waals surface area contributed by atoms with Gasteiger partial charge in [0.1, 0.15) is 5.71 Å². The Bertz CT molecular complexity index is 895. The second-order valence-corrected chi connectivity index (χ2v) is 7.46. The Morgan fingerprint density at radius 3 is 2.78 bits per heavy atom. The van der Waals surface area contributed by atoms with Crippen molar-refractivity contribution in [2.24, 2.45) is 4.99 Å². The minimum absolute atomic E-state index is 0.0000973. The molecule has 1 unspecified atom stereocenters. The maximum Gasteiger partial charge on any atom is 0.243 e. The van der Waals surface area contributed by atoms with Crippen LogP contribution in [-0.4, -0.2) is 27.2 Å². The van der Waals surface area contributed by atoms with Crippen molar-refractivity contribution in [2.45, 2.75) is 36.3 Å². The Morgan fingerprint density at radius 2 is 2.04 bits per heavy atom. The topological polar surface area (TPSA) is 64.3 Å². The lowest BCUT2D eigenvalue weighted by Crippen LogP contribution is -2.43. The fraction of sp³-hybridized carbons (Fsp3) is 0.294. The fourth-order valence-electron chi connectivity index (χ4n) is 3.04. The molecule has 0 fully saturated rings. The average molecular weight is 325 g/mol. The third-order valence-electron chi connectivity index (χ3n) is 4.39. The molecule has 23 heavy (non-hydrogen) atoms. The van der Waals surface area contributed by atoms with Gasteiger partial charge in [-0.2, -0.15) is 5.10 Å². The zero-order chi connectivity index (χ0) is 16.4. The van der Waals surface area contributed by atoms with Crippen molar-refractivity contribution in [3.05, 3.63) is 41.7 Å². The number of ketones is 1. The predicted octanol–water partition coefficient (Wildman–Crippen LogP) is 3.32. The summed E-state index contributed by atoms with van der Waals surface area (Å²) in [6, 6.07) is 7.77. The van der Waals surface area contributed by atoms with E-state index in [9.17, 15) is 9.59 Å². The quantitative estimate of drug-likeness (QED) is 0.745. The lowest BCUT2D eigenvalue weighted by molar-refractivity contribution is -0.117. The van der Waals surface area contributed by atoms with Crippen LogP contribution in [0.5, 0.6) is 0 Å². The molecular formula is C17H15N3O2S. The molecule has 0 bridgehead atoms. The van der Waals surface area contributed by atoms with E-state index >= 15 is 0 Å². The first-order valence-corrected chi connectivity index (χ1v) is 8.27. The smallest absolute Gasteiger partial charge is 0.243 e. The standard InChI is InChI=1S/C17H15N3O2S/c1-9(21)20-8-10-13(19-20)15-14(16(22)17(10,2)3)18-11-6-4-5-7-12(11)23-15/h4-8,15H,1-3H3. The number of carbonyl (C=O) groups excluding carboxylic acids is 2. The van der Waals surface area contributed by atoms with Gasteiger partial charge in [0, 0.05) is 23.6 Å². The molecule has 0 saturated heterocycles. The number of rotatable bonds is 0. The molecule has 1 aromatic carbocycles. The summed E-state index contributed by atoms with van der Waals surface area (Å²) in [4.78, 5) is 30.3. The highest BCUT2D eigenvalue weighted by molar-refractivity contribution is 8.00. The first kappa shape index (κ1) is 14.4. The first-order valence-electron chi connectivity index (χ1n) is 7.39. The second kappa shape index (κ2) is 4.64. The van der Waals surface area contributed by atoms with Gasteiger partial charge in [0.2, 0.25) is 5.91 Å². The van der Waals surface area contributed by atoms with Gasteiger partial charge in [-0.3, -0.25) is 9.59 Å². The summed E-state index contributed by atoms with van der Waals surface area (Å²) in [7, 11) is 0. The normalized spacial score (nSPS) is 21.1. The highest BCUT2D eigenvalue weighted by Crippen LogP contribution is 2.51. The van der Waals surface area contributed by atoms with Crippen molar-refractivity contribution in [3.8, 4) is 0 Å². The van der Waals surface area contributed by atoms with Gasteiger partial charge < -0.3 is 0 Å². The molecule has 0 N–H and O–H groups in total. The van der Waals surface area contributed by atoms with E-state index in [2.05, 4.69) is 10.1 Å². The number of hydrogen-bond acceptors (Lipinski definition) is 5. The van der Waals surface area contributed by atoms with Gasteiger partial charge in [-0.1, -0.05) is 12.1 Å². The molecule has 0 radical (unpaired) electrons. The van der Waals surface area contributed by atoms with Gasteiger partial charge in [0.15, 0.2) is 5.78 Å². The Kier molecular flexibility index (Phi) is 2.90. The third-order valence-corrected chi connectivity index (χ3v) is 5.67. The predicted molar refractivity (Wildman–Crippen MR) is 88.7 cm³/mol. The minimum atomic E-state index is -0.731. The van der Waals surface area contributed by atoms with Crippen LogP contribution >= 0.6 is 11.8 Å². The zero-order valence-electron chi connectivity index (χ0n) is 13.0. The zero-order valence-corrected chi connectivity index (χ0v) is 13.8. The summed E-state index contributed by atoms with van der Waals surface area (Å²) in [5, 5.41) is 4.20. The molecule has 6 heteroatoms. The molecule has 116 valence electrons. The van der Waals surface area contributed by atoms with Crippen molar-refractivity contribution in [1.82, 2.24) is 9.78 Å². The van der Waals surface area contributed by atoms with Crippen LogP contribution in [0.4, 0.5) is 5.69 Å². The summed E-state index contributed by atoms with van der Waals surface area (Å²) < 4.78 is 1.32. The summed E-state index contributed by atoms with van der Waals surface area (Å²) in [5.41, 5.74) is 2.20. The Labute approximate surface area is 137 Å². The number of Topliss-reactive ketones (excluding diaryl/α,β-unsaturated/α-hetero) is 1. The lowest BCUT2D eigenvalue weighted by Gasteiger charge is -2.34. The Balaban J connectivity index is 1.96. The van der Waals surface area contributed by atoms with Crippen LogP contribution in [0, 0.1) is 0 Å².